The molecule has 142 valence electrons. The summed E-state index contributed by atoms with van der Waals surface area (Å²) in [6.07, 6.45) is 0.943. The Kier molecular flexibility index (Phi) is 9.75. The van der Waals surface area contributed by atoms with Crippen molar-refractivity contribution < 1.29 is 9.53 Å². The number of hydrogen-bond acceptors (Lipinski definition) is 4. The van der Waals surface area contributed by atoms with Crippen LogP contribution in [0.15, 0.2) is 24.3 Å². The normalized spacial score (nSPS) is 21.7. The van der Waals surface area contributed by atoms with E-state index in [-0.39, 0.29) is 42.7 Å². The molecule has 2 unspecified atom stereocenters. The van der Waals surface area contributed by atoms with E-state index in [9.17, 15) is 4.79 Å². The van der Waals surface area contributed by atoms with Crippen molar-refractivity contribution in [3.8, 4) is 0 Å². The lowest BCUT2D eigenvalue weighted by atomic mass is 10.0. The Morgan fingerprint density at radius 1 is 1.28 bits per heavy atom. The number of carbonyl (C=O) groups is 1. The number of nitrogens with one attached hydrogen (secondary N) is 2. The van der Waals surface area contributed by atoms with E-state index >= 15 is 0 Å². The van der Waals surface area contributed by atoms with Crippen LogP contribution >= 0.6 is 24.8 Å². The number of nitrogens with zero attached hydrogens (tertiary/aromatic N) is 1. The molecule has 1 aromatic carbocycles. The molecule has 2 aliphatic rings. The van der Waals surface area contributed by atoms with Crippen LogP contribution in [0.3, 0.4) is 0 Å². The molecule has 0 aliphatic carbocycles. The number of aryl methyl sites for hydroxylation is 1. The number of benzene rings is 1. The zero-order valence-corrected chi connectivity index (χ0v) is 16.3. The van der Waals surface area contributed by atoms with E-state index in [1.165, 1.54) is 11.1 Å². The first-order valence-corrected chi connectivity index (χ1v) is 8.61. The number of ether oxygens (including phenoxy) is 1. The van der Waals surface area contributed by atoms with Crippen molar-refractivity contribution in [2.75, 3.05) is 45.9 Å². The molecule has 2 aliphatic heterocycles. The topological polar surface area (TPSA) is 53.6 Å². The molecule has 2 N–H and O–H groups in total. The quantitative estimate of drug-likeness (QED) is 0.807. The van der Waals surface area contributed by atoms with Gasteiger partial charge in [-0.25, -0.2) is 0 Å². The van der Waals surface area contributed by atoms with Gasteiger partial charge >= 0.3 is 0 Å². The molecule has 0 saturated carbocycles. The van der Waals surface area contributed by atoms with Crippen LogP contribution in [-0.4, -0.2) is 56.7 Å². The highest BCUT2D eigenvalue weighted by Crippen LogP contribution is 2.22. The van der Waals surface area contributed by atoms with Gasteiger partial charge in [0.15, 0.2) is 0 Å². The standard InChI is InChI=1S/C18H27N3O2.2ClH/c1-14-2-4-15(5-3-14)17(21-8-10-23-11-9-21)13-20-18(22)16-6-7-19-12-16;;/h2-5,16-17,19H,6-13H2,1H3,(H,20,22);2*1H. The van der Waals surface area contributed by atoms with Crippen LogP contribution in [0.1, 0.15) is 23.6 Å². The van der Waals surface area contributed by atoms with E-state index in [1.54, 1.807) is 0 Å². The number of rotatable bonds is 5. The zero-order valence-electron chi connectivity index (χ0n) is 14.7. The maximum atomic E-state index is 12.3. The van der Waals surface area contributed by atoms with Crippen molar-refractivity contribution in [1.29, 1.82) is 0 Å². The van der Waals surface area contributed by atoms with E-state index in [0.29, 0.717) is 6.54 Å². The molecule has 0 bridgehead atoms. The van der Waals surface area contributed by atoms with Gasteiger partial charge in [0.05, 0.1) is 25.2 Å². The predicted octanol–water partition coefficient (Wildman–Crippen LogP) is 1.94. The average molecular weight is 390 g/mol. The molecule has 7 heteroatoms. The van der Waals surface area contributed by atoms with Gasteiger partial charge in [-0.05, 0) is 25.5 Å². The smallest absolute Gasteiger partial charge is 0.224 e. The lowest BCUT2D eigenvalue weighted by Gasteiger charge is -2.35. The molecule has 5 nitrogen and oxygen atoms in total. The zero-order chi connectivity index (χ0) is 16.1. The maximum Gasteiger partial charge on any atom is 0.224 e. The Bertz CT molecular complexity index is 516. The van der Waals surface area contributed by atoms with Crippen molar-refractivity contribution in [2.45, 2.75) is 19.4 Å². The molecule has 2 atom stereocenters. The van der Waals surface area contributed by atoms with Gasteiger partial charge in [0, 0.05) is 26.2 Å². The summed E-state index contributed by atoms with van der Waals surface area (Å²) in [7, 11) is 0. The molecular weight excluding hydrogens is 361 g/mol. The van der Waals surface area contributed by atoms with Crippen molar-refractivity contribution >= 4 is 30.7 Å². The molecule has 25 heavy (non-hydrogen) atoms. The van der Waals surface area contributed by atoms with Gasteiger partial charge in [-0.3, -0.25) is 9.69 Å². The van der Waals surface area contributed by atoms with E-state index < -0.39 is 0 Å². The molecular formula is C18H29Cl2N3O2. The average Bonchev–Trinajstić information content (AvgIpc) is 3.12. The summed E-state index contributed by atoms with van der Waals surface area (Å²) in [4.78, 5) is 14.7. The van der Waals surface area contributed by atoms with Crippen LogP contribution in [-0.2, 0) is 9.53 Å². The number of morpholine rings is 1. The molecule has 2 fully saturated rings. The van der Waals surface area contributed by atoms with Crippen LogP contribution in [0.5, 0.6) is 0 Å². The van der Waals surface area contributed by atoms with E-state index in [1.807, 2.05) is 0 Å². The van der Waals surface area contributed by atoms with Gasteiger partial charge in [-0.1, -0.05) is 29.8 Å². The molecule has 0 radical (unpaired) electrons. The fourth-order valence-corrected chi connectivity index (χ4v) is 3.36. The number of carbonyl (C=O) groups excluding carboxylic acids is 1. The third-order valence-corrected chi connectivity index (χ3v) is 4.85. The lowest BCUT2D eigenvalue weighted by molar-refractivity contribution is -0.124. The summed E-state index contributed by atoms with van der Waals surface area (Å²) in [5, 5.41) is 6.43. The summed E-state index contributed by atoms with van der Waals surface area (Å²) < 4.78 is 5.47. The first kappa shape index (κ1) is 22.2. The van der Waals surface area contributed by atoms with Gasteiger partial charge in [-0.2, -0.15) is 0 Å². The first-order valence-electron chi connectivity index (χ1n) is 8.61. The molecule has 3 rings (SSSR count). The summed E-state index contributed by atoms with van der Waals surface area (Å²) in [6, 6.07) is 8.87. The first-order chi connectivity index (χ1) is 11.2. The van der Waals surface area contributed by atoms with Crippen LogP contribution in [0, 0.1) is 12.8 Å². The Morgan fingerprint density at radius 3 is 2.56 bits per heavy atom. The Morgan fingerprint density at radius 2 is 1.96 bits per heavy atom. The fourth-order valence-electron chi connectivity index (χ4n) is 3.36. The Hall–Kier alpha value is -0.850. The summed E-state index contributed by atoms with van der Waals surface area (Å²) in [6.45, 7) is 7.88. The van der Waals surface area contributed by atoms with Gasteiger partial charge in [0.25, 0.3) is 0 Å². The largest absolute Gasteiger partial charge is 0.379 e. The Labute approximate surface area is 162 Å². The summed E-state index contributed by atoms with van der Waals surface area (Å²) in [5.41, 5.74) is 2.53. The van der Waals surface area contributed by atoms with Crippen LogP contribution in [0.4, 0.5) is 0 Å². The van der Waals surface area contributed by atoms with E-state index in [4.69, 9.17) is 4.74 Å². The monoisotopic (exact) mass is 389 g/mol. The van der Waals surface area contributed by atoms with Crippen molar-refractivity contribution in [3.05, 3.63) is 35.4 Å². The van der Waals surface area contributed by atoms with Gasteiger partial charge in [0.1, 0.15) is 0 Å². The Balaban J connectivity index is 0.00000156. The minimum Gasteiger partial charge on any atom is -0.379 e. The highest BCUT2D eigenvalue weighted by molar-refractivity contribution is 5.85. The fraction of sp³-hybridized carbons (Fsp3) is 0.611. The minimum atomic E-state index is 0. The SMILES string of the molecule is Cc1ccc(C(CNC(=O)C2CCNC2)N2CCOCC2)cc1.Cl.Cl. The lowest BCUT2D eigenvalue weighted by Crippen LogP contribution is -2.44. The highest BCUT2D eigenvalue weighted by Gasteiger charge is 2.26. The van der Waals surface area contributed by atoms with Gasteiger partial charge in [-0.15, -0.1) is 24.8 Å². The second-order valence-electron chi connectivity index (χ2n) is 6.51. The molecule has 2 saturated heterocycles. The minimum absolute atomic E-state index is 0. The number of hydrogen-bond donors (Lipinski definition) is 2. The number of halogens is 2. The van der Waals surface area contributed by atoms with E-state index in [0.717, 1.165) is 45.8 Å². The third-order valence-electron chi connectivity index (χ3n) is 4.85. The second kappa shape index (κ2) is 11.0. The van der Waals surface area contributed by atoms with Crippen molar-refractivity contribution in [2.24, 2.45) is 5.92 Å². The molecule has 1 amide bonds. The van der Waals surface area contributed by atoms with Crippen LogP contribution in [0.2, 0.25) is 0 Å². The summed E-state index contributed by atoms with van der Waals surface area (Å²) in [5.74, 6) is 0.304. The van der Waals surface area contributed by atoms with Crippen LogP contribution < -0.4 is 10.6 Å². The molecule has 0 spiro atoms. The summed E-state index contributed by atoms with van der Waals surface area (Å²) >= 11 is 0. The highest BCUT2D eigenvalue weighted by atomic mass is 35.5. The second-order valence-corrected chi connectivity index (χ2v) is 6.51. The third kappa shape index (κ3) is 6.12. The van der Waals surface area contributed by atoms with Gasteiger partial charge < -0.3 is 15.4 Å². The maximum absolute atomic E-state index is 12.3. The number of amides is 1. The van der Waals surface area contributed by atoms with E-state index in [2.05, 4.69) is 46.7 Å². The van der Waals surface area contributed by atoms with Crippen molar-refractivity contribution in [3.63, 3.8) is 0 Å². The van der Waals surface area contributed by atoms with Crippen LogP contribution in [0.25, 0.3) is 0 Å². The molecule has 2 heterocycles. The molecule has 1 aromatic rings. The molecule has 0 aromatic heterocycles. The predicted molar refractivity (Wildman–Crippen MR) is 105 cm³/mol. The van der Waals surface area contributed by atoms with Crippen molar-refractivity contribution in [1.82, 2.24) is 15.5 Å². The van der Waals surface area contributed by atoms with Gasteiger partial charge in [0.2, 0.25) is 5.91 Å².